The van der Waals surface area contributed by atoms with E-state index in [4.69, 9.17) is 4.74 Å². The SMILES string of the molecule is CCC1(CNC2CCCCC2C2CCCN2C(=O)OC(C)(C)C)CC1. The quantitative estimate of drug-likeness (QED) is 0.780. The number of hydrogen-bond donors (Lipinski definition) is 1. The Kier molecular flexibility index (Phi) is 5.67. The van der Waals surface area contributed by atoms with Crippen LogP contribution in [-0.4, -0.2) is 41.8 Å². The van der Waals surface area contributed by atoms with Gasteiger partial charge < -0.3 is 15.0 Å². The van der Waals surface area contributed by atoms with Crippen molar-refractivity contribution in [1.29, 1.82) is 0 Å². The molecule has 1 heterocycles. The van der Waals surface area contributed by atoms with Crippen molar-refractivity contribution in [1.82, 2.24) is 10.2 Å². The van der Waals surface area contributed by atoms with Gasteiger partial charge in [0, 0.05) is 25.2 Å². The maximum Gasteiger partial charge on any atom is 0.410 e. The largest absolute Gasteiger partial charge is 0.444 e. The molecule has 3 aliphatic rings. The minimum absolute atomic E-state index is 0.105. The van der Waals surface area contributed by atoms with Crippen LogP contribution in [0.1, 0.15) is 85.5 Å². The number of hydrogen-bond acceptors (Lipinski definition) is 3. The zero-order valence-electron chi connectivity index (χ0n) is 16.8. The monoisotopic (exact) mass is 350 g/mol. The molecule has 1 saturated heterocycles. The molecule has 0 aromatic heterocycles. The Labute approximate surface area is 154 Å². The van der Waals surface area contributed by atoms with Gasteiger partial charge in [-0.2, -0.15) is 0 Å². The summed E-state index contributed by atoms with van der Waals surface area (Å²) >= 11 is 0. The fourth-order valence-electron chi connectivity index (χ4n) is 4.84. The van der Waals surface area contributed by atoms with E-state index >= 15 is 0 Å². The van der Waals surface area contributed by atoms with Crippen LogP contribution in [0.4, 0.5) is 4.79 Å². The number of nitrogens with one attached hydrogen (secondary N) is 1. The van der Waals surface area contributed by atoms with Crippen LogP contribution in [0, 0.1) is 11.3 Å². The highest BCUT2D eigenvalue weighted by molar-refractivity contribution is 5.69. The summed E-state index contributed by atoms with van der Waals surface area (Å²) < 4.78 is 5.69. The van der Waals surface area contributed by atoms with Gasteiger partial charge in [-0.05, 0) is 77.0 Å². The van der Waals surface area contributed by atoms with Gasteiger partial charge in [-0.15, -0.1) is 0 Å². The van der Waals surface area contributed by atoms with Gasteiger partial charge in [0.05, 0.1) is 0 Å². The number of carbonyl (C=O) groups excluding carboxylic acids is 1. The Morgan fingerprint density at radius 2 is 1.88 bits per heavy atom. The summed E-state index contributed by atoms with van der Waals surface area (Å²) in [6.45, 7) is 10.2. The van der Waals surface area contributed by atoms with Gasteiger partial charge in [-0.1, -0.05) is 19.8 Å². The van der Waals surface area contributed by atoms with Crippen molar-refractivity contribution in [3.63, 3.8) is 0 Å². The highest BCUT2D eigenvalue weighted by Gasteiger charge is 2.44. The predicted octanol–water partition coefficient (Wildman–Crippen LogP) is 4.72. The molecule has 1 N–H and O–H groups in total. The highest BCUT2D eigenvalue weighted by atomic mass is 16.6. The second-order valence-corrected chi connectivity index (χ2v) is 9.67. The molecule has 25 heavy (non-hydrogen) atoms. The highest BCUT2D eigenvalue weighted by Crippen LogP contribution is 2.48. The molecular formula is C21H38N2O2. The van der Waals surface area contributed by atoms with E-state index in [1.165, 1.54) is 51.5 Å². The van der Waals surface area contributed by atoms with Crippen LogP contribution in [0.25, 0.3) is 0 Å². The number of carbonyl (C=O) groups is 1. The summed E-state index contributed by atoms with van der Waals surface area (Å²) in [5.41, 5.74) is 0.177. The predicted molar refractivity (Wildman–Crippen MR) is 102 cm³/mol. The maximum atomic E-state index is 12.7. The fourth-order valence-corrected chi connectivity index (χ4v) is 4.84. The van der Waals surface area contributed by atoms with Crippen molar-refractivity contribution >= 4 is 6.09 Å². The van der Waals surface area contributed by atoms with E-state index in [1.54, 1.807) is 0 Å². The molecule has 0 aromatic rings. The number of rotatable bonds is 5. The molecule has 0 aromatic carbocycles. The first kappa shape index (κ1) is 19.0. The standard InChI is InChI=1S/C21H38N2O2/c1-5-21(12-13-21)15-22-17-10-7-6-9-16(17)18-11-8-14-23(18)19(24)25-20(2,3)4/h16-18,22H,5-15H2,1-4H3. The first-order valence-corrected chi connectivity index (χ1v) is 10.6. The molecule has 144 valence electrons. The average Bonchev–Trinajstić information content (AvgIpc) is 3.17. The molecule has 3 rings (SSSR count). The van der Waals surface area contributed by atoms with E-state index in [0.29, 0.717) is 23.4 Å². The van der Waals surface area contributed by atoms with Crippen LogP contribution < -0.4 is 5.32 Å². The van der Waals surface area contributed by atoms with Crippen molar-refractivity contribution in [2.45, 2.75) is 103 Å². The molecule has 3 unspecified atom stereocenters. The molecule has 2 saturated carbocycles. The summed E-state index contributed by atoms with van der Waals surface area (Å²) in [6, 6.07) is 0.940. The lowest BCUT2D eigenvalue weighted by Gasteiger charge is -2.40. The molecule has 0 spiro atoms. The van der Waals surface area contributed by atoms with E-state index in [1.807, 2.05) is 25.7 Å². The van der Waals surface area contributed by atoms with Crippen LogP contribution in [0.3, 0.4) is 0 Å². The second-order valence-electron chi connectivity index (χ2n) is 9.67. The van der Waals surface area contributed by atoms with Gasteiger partial charge in [0.15, 0.2) is 0 Å². The molecule has 4 heteroatoms. The molecular weight excluding hydrogens is 312 g/mol. The normalized spacial score (nSPS) is 31.8. The third kappa shape index (κ3) is 4.69. The smallest absolute Gasteiger partial charge is 0.410 e. The van der Waals surface area contributed by atoms with Crippen molar-refractivity contribution in [3.05, 3.63) is 0 Å². The van der Waals surface area contributed by atoms with E-state index in [0.717, 1.165) is 19.4 Å². The third-order valence-electron chi connectivity index (χ3n) is 6.69. The first-order valence-electron chi connectivity index (χ1n) is 10.6. The molecule has 4 nitrogen and oxygen atoms in total. The Morgan fingerprint density at radius 1 is 1.16 bits per heavy atom. The summed E-state index contributed by atoms with van der Waals surface area (Å²) in [6.07, 6.45) is 11.4. The van der Waals surface area contributed by atoms with Crippen LogP contribution in [-0.2, 0) is 4.74 Å². The van der Waals surface area contributed by atoms with Crippen LogP contribution >= 0.6 is 0 Å². The van der Waals surface area contributed by atoms with Gasteiger partial charge in [0.1, 0.15) is 5.60 Å². The van der Waals surface area contributed by atoms with Crippen LogP contribution in [0.2, 0.25) is 0 Å². The van der Waals surface area contributed by atoms with E-state index in [-0.39, 0.29) is 6.09 Å². The number of nitrogens with zero attached hydrogens (tertiary/aromatic N) is 1. The van der Waals surface area contributed by atoms with E-state index in [2.05, 4.69) is 12.2 Å². The minimum Gasteiger partial charge on any atom is -0.444 e. The summed E-state index contributed by atoms with van der Waals surface area (Å²) in [7, 11) is 0. The van der Waals surface area contributed by atoms with E-state index in [9.17, 15) is 4.79 Å². The Bertz CT molecular complexity index is 467. The average molecular weight is 351 g/mol. The van der Waals surface area contributed by atoms with Gasteiger partial charge in [-0.3, -0.25) is 0 Å². The van der Waals surface area contributed by atoms with Gasteiger partial charge in [0.25, 0.3) is 0 Å². The number of ether oxygens (including phenoxy) is 1. The molecule has 0 bridgehead atoms. The van der Waals surface area contributed by atoms with Gasteiger partial charge in [-0.25, -0.2) is 4.79 Å². The Morgan fingerprint density at radius 3 is 2.52 bits per heavy atom. The summed E-state index contributed by atoms with van der Waals surface area (Å²) in [5.74, 6) is 0.594. The Balaban J connectivity index is 1.63. The molecule has 2 aliphatic carbocycles. The van der Waals surface area contributed by atoms with E-state index < -0.39 is 5.60 Å². The lowest BCUT2D eigenvalue weighted by atomic mass is 9.78. The number of amides is 1. The zero-order chi connectivity index (χ0) is 18.1. The molecule has 3 atom stereocenters. The van der Waals surface area contributed by atoms with Gasteiger partial charge in [0.2, 0.25) is 0 Å². The summed E-state index contributed by atoms with van der Waals surface area (Å²) in [5, 5.41) is 3.93. The molecule has 0 radical (unpaired) electrons. The lowest BCUT2D eigenvalue weighted by Crippen LogP contribution is -2.51. The molecule has 1 aliphatic heterocycles. The third-order valence-corrected chi connectivity index (χ3v) is 6.69. The zero-order valence-corrected chi connectivity index (χ0v) is 16.8. The first-order chi connectivity index (χ1) is 11.8. The lowest BCUT2D eigenvalue weighted by molar-refractivity contribution is 0.0131. The molecule has 1 amide bonds. The fraction of sp³-hybridized carbons (Fsp3) is 0.952. The maximum absolute atomic E-state index is 12.7. The minimum atomic E-state index is -0.409. The Hall–Kier alpha value is -0.770. The van der Waals surface area contributed by atoms with Crippen molar-refractivity contribution in [2.75, 3.05) is 13.1 Å². The van der Waals surface area contributed by atoms with Crippen molar-refractivity contribution in [2.24, 2.45) is 11.3 Å². The number of likely N-dealkylation sites (tertiary alicyclic amines) is 1. The van der Waals surface area contributed by atoms with Crippen molar-refractivity contribution < 1.29 is 9.53 Å². The van der Waals surface area contributed by atoms with Crippen molar-refractivity contribution in [3.8, 4) is 0 Å². The second kappa shape index (κ2) is 7.46. The van der Waals surface area contributed by atoms with Crippen LogP contribution in [0.5, 0.6) is 0 Å². The topological polar surface area (TPSA) is 41.6 Å². The van der Waals surface area contributed by atoms with Gasteiger partial charge >= 0.3 is 6.09 Å². The van der Waals surface area contributed by atoms with Crippen LogP contribution in [0.15, 0.2) is 0 Å². The molecule has 3 fully saturated rings. The summed E-state index contributed by atoms with van der Waals surface area (Å²) in [4.78, 5) is 14.7.